The van der Waals surface area contributed by atoms with Gasteiger partial charge in [0.2, 0.25) is 0 Å². The Morgan fingerprint density at radius 3 is 2.65 bits per heavy atom. The fraction of sp³-hybridized carbons (Fsp3) is 0.500. The van der Waals surface area contributed by atoms with Crippen molar-refractivity contribution in [1.29, 1.82) is 0 Å². The van der Waals surface area contributed by atoms with E-state index in [1.165, 1.54) is 6.07 Å². The molecule has 0 aliphatic carbocycles. The van der Waals surface area contributed by atoms with E-state index >= 15 is 4.39 Å². The van der Waals surface area contributed by atoms with Crippen LogP contribution in [-0.4, -0.2) is 73.0 Å². The Labute approximate surface area is 217 Å². The van der Waals surface area contributed by atoms with E-state index < -0.39 is 17.5 Å². The van der Waals surface area contributed by atoms with Gasteiger partial charge in [-0.3, -0.25) is 4.79 Å². The topological polar surface area (TPSA) is 82.6 Å². The van der Waals surface area contributed by atoms with Gasteiger partial charge in [-0.1, -0.05) is 0 Å². The summed E-state index contributed by atoms with van der Waals surface area (Å²) in [6.45, 7) is 8.85. The Morgan fingerprint density at radius 2 is 1.97 bits per heavy atom. The molecule has 0 spiro atoms. The molecule has 9 heteroatoms. The third kappa shape index (κ3) is 6.15. The second-order valence-electron chi connectivity index (χ2n) is 10.8. The Kier molecular flexibility index (Phi) is 7.64. The van der Waals surface area contributed by atoms with Crippen molar-refractivity contribution in [2.24, 2.45) is 0 Å². The first-order chi connectivity index (χ1) is 17.4. The molecule has 2 aromatic carbocycles. The molecule has 1 N–H and O–H groups in total. The zero-order chi connectivity index (χ0) is 26.9. The lowest BCUT2D eigenvalue weighted by Crippen LogP contribution is -2.42. The number of anilines is 2. The van der Waals surface area contributed by atoms with E-state index in [4.69, 9.17) is 9.47 Å². The molecule has 2 aliphatic rings. The fourth-order valence-electron chi connectivity index (χ4n) is 4.70. The van der Waals surface area contributed by atoms with Crippen molar-refractivity contribution < 1.29 is 28.6 Å². The first kappa shape index (κ1) is 26.7. The molecular weight excluding hydrogens is 477 g/mol. The molecule has 0 bridgehead atoms. The molecule has 8 nitrogen and oxygen atoms in total. The van der Waals surface area contributed by atoms with Crippen LogP contribution in [0.2, 0.25) is 0 Å². The summed E-state index contributed by atoms with van der Waals surface area (Å²) in [7, 11) is 1.71. The molecule has 2 aromatic rings. The number of aliphatic hydroxyl groups is 1. The molecule has 0 aromatic heterocycles. The van der Waals surface area contributed by atoms with Gasteiger partial charge in [0, 0.05) is 37.9 Å². The van der Waals surface area contributed by atoms with E-state index in [0.717, 1.165) is 5.56 Å². The van der Waals surface area contributed by atoms with Gasteiger partial charge in [-0.15, -0.1) is 0 Å². The van der Waals surface area contributed by atoms with Gasteiger partial charge in [0.05, 0.1) is 17.8 Å². The molecule has 1 saturated heterocycles. The second-order valence-corrected chi connectivity index (χ2v) is 10.8. The standard InChI is InChI=1S/C28H36FN3O5/c1-18(33)17-36-22-7-8-23-19(14-22)10-13-32(26(23)34)20-6-9-25(24(29)15-20)31-12-11-21(16-31)30(5)27(35)37-28(2,3)4/h6-9,14-15,18,21,33H,10-13,16-17H2,1-5H3/t18-,21?/m1/s1. The number of aliphatic hydroxyl groups excluding tert-OH is 1. The summed E-state index contributed by atoms with van der Waals surface area (Å²) in [5.41, 5.74) is 1.82. The van der Waals surface area contributed by atoms with Crippen LogP contribution >= 0.6 is 0 Å². The molecule has 2 amide bonds. The largest absolute Gasteiger partial charge is 0.491 e. The minimum atomic E-state index is -0.580. The van der Waals surface area contributed by atoms with Crippen LogP contribution in [0.4, 0.5) is 20.6 Å². The first-order valence-corrected chi connectivity index (χ1v) is 12.7. The van der Waals surface area contributed by atoms with Crippen LogP contribution in [0.25, 0.3) is 0 Å². The summed E-state index contributed by atoms with van der Waals surface area (Å²) in [6.07, 6.45) is 0.353. The maximum Gasteiger partial charge on any atom is 0.410 e. The number of amides is 2. The van der Waals surface area contributed by atoms with Gasteiger partial charge in [0.1, 0.15) is 23.8 Å². The van der Waals surface area contributed by atoms with E-state index in [1.54, 1.807) is 48.0 Å². The molecule has 0 radical (unpaired) electrons. The highest BCUT2D eigenvalue weighted by molar-refractivity contribution is 6.08. The Hall–Kier alpha value is -3.33. The van der Waals surface area contributed by atoms with Gasteiger partial charge in [-0.2, -0.15) is 0 Å². The van der Waals surface area contributed by atoms with Gasteiger partial charge in [-0.05, 0) is 82.5 Å². The fourth-order valence-corrected chi connectivity index (χ4v) is 4.70. The normalized spacial score (nSPS) is 18.5. The van der Waals surface area contributed by atoms with Gasteiger partial charge in [-0.25, -0.2) is 9.18 Å². The number of benzene rings is 2. The van der Waals surface area contributed by atoms with Crippen molar-refractivity contribution in [3.05, 3.63) is 53.3 Å². The van der Waals surface area contributed by atoms with Crippen LogP contribution in [-0.2, 0) is 11.2 Å². The van der Waals surface area contributed by atoms with Gasteiger partial charge in [0.25, 0.3) is 5.91 Å². The number of halogens is 1. The molecule has 1 fully saturated rings. The monoisotopic (exact) mass is 513 g/mol. The van der Waals surface area contributed by atoms with Crippen molar-refractivity contribution >= 4 is 23.4 Å². The Morgan fingerprint density at radius 1 is 1.22 bits per heavy atom. The third-order valence-corrected chi connectivity index (χ3v) is 6.62. The van der Waals surface area contributed by atoms with Crippen LogP contribution in [0.3, 0.4) is 0 Å². The highest BCUT2D eigenvalue weighted by Gasteiger charge is 2.33. The third-order valence-electron chi connectivity index (χ3n) is 6.62. The smallest absolute Gasteiger partial charge is 0.410 e. The number of likely N-dealkylation sites (N-methyl/N-ethyl adjacent to an activating group) is 1. The summed E-state index contributed by atoms with van der Waals surface area (Å²) in [4.78, 5) is 30.7. The minimum absolute atomic E-state index is 0.0800. The lowest BCUT2D eigenvalue weighted by atomic mass is 9.98. The summed E-state index contributed by atoms with van der Waals surface area (Å²) in [6, 6.07) is 10.1. The van der Waals surface area contributed by atoms with E-state index in [0.29, 0.717) is 55.2 Å². The second kappa shape index (κ2) is 10.6. The quantitative estimate of drug-likeness (QED) is 0.623. The first-order valence-electron chi connectivity index (χ1n) is 12.7. The highest BCUT2D eigenvalue weighted by Crippen LogP contribution is 2.32. The van der Waals surface area contributed by atoms with Gasteiger partial charge in [0.15, 0.2) is 0 Å². The predicted molar refractivity (Wildman–Crippen MR) is 140 cm³/mol. The van der Waals surface area contributed by atoms with Crippen LogP contribution in [0.15, 0.2) is 36.4 Å². The molecular formula is C28H36FN3O5. The van der Waals surface area contributed by atoms with Crippen molar-refractivity contribution in [1.82, 2.24) is 4.90 Å². The van der Waals surface area contributed by atoms with E-state index in [-0.39, 0.29) is 24.6 Å². The summed E-state index contributed by atoms with van der Waals surface area (Å²) < 4.78 is 26.3. The van der Waals surface area contributed by atoms with E-state index in [2.05, 4.69) is 0 Å². The molecule has 2 aliphatic heterocycles. The lowest BCUT2D eigenvalue weighted by Gasteiger charge is -2.30. The Bertz CT molecular complexity index is 1160. The maximum atomic E-state index is 15.3. The maximum absolute atomic E-state index is 15.3. The van der Waals surface area contributed by atoms with Crippen molar-refractivity contribution in [3.63, 3.8) is 0 Å². The Balaban J connectivity index is 1.43. The molecule has 0 saturated carbocycles. The molecule has 2 heterocycles. The lowest BCUT2D eigenvalue weighted by molar-refractivity contribution is 0.0237. The zero-order valence-corrected chi connectivity index (χ0v) is 22.2. The van der Waals surface area contributed by atoms with Gasteiger partial charge < -0.3 is 29.3 Å². The van der Waals surface area contributed by atoms with E-state index in [9.17, 15) is 14.7 Å². The number of ether oxygens (including phenoxy) is 2. The number of rotatable bonds is 6. The average Bonchev–Trinajstić information content (AvgIpc) is 3.31. The zero-order valence-electron chi connectivity index (χ0n) is 22.2. The van der Waals surface area contributed by atoms with Gasteiger partial charge >= 0.3 is 6.09 Å². The van der Waals surface area contributed by atoms with Crippen molar-refractivity contribution in [3.8, 4) is 5.75 Å². The summed E-state index contributed by atoms with van der Waals surface area (Å²) in [5.74, 6) is 0.0202. The molecule has 4 rings (SSSR count). The van der Waals surface area contributed by atoms with E-state index in [1.807, 2.05) is 31.7 Å². The number of carbonyl (C=O) groups is 2. The van der Waals surface area contributed by atoms with Crippen molar-refractivity contribution in [2.75, 3.05) is 43.1 Å². The summed E-state index contributed by atoms with van der Waals surface area (Å²) in [5, 5.41) is 9.42. The van der Waals surface area contributed by atoms with Crippen LogP contribution in [0, 0.1) is 5.82 Å². The molecule has 1 unspecified atom stereocenters. The molecule has 200 valence electrons. The average molecular weight is 514 g/mol. The van der Waals surface area contributed by atoms with Crippen LogP contribution in [0.5, 0.6) is 5.75 Å². The highest BCUT2D eigenvalue weighted by atomic mass is 19.1. The predicted octanol–water partition coefficient (Wildman–Crippen LogP) is 4.23. The SMILES string of the molecule is C[C@@H](O)COc1ccc2c(c1)CCN(c1ccc(N3CCC(N(C)C(=O)OC(C)(C)C)C3)c(F)c1)C2=O. The van der Waals surface area contributed by atoms with Crippen LogP contribution < -0.4 is 14.5 Å². The summed E-state index contributed by atoms with van der Waals surface area (Å²) >= 11 is 0. The molecule has 37 heavy (non-hydrogen) atoms. The number of nitrogens with zero attached hydrogens (tertiary/aromatic N) is 3. The number of carbonyl (C=O) groups excluding carboxylic acids is 2. The number of fused-ring (bicyclic) bond motifs is 1. The van der Waals surface area contributed by atoms with Crippen molar-refractivity contribution in [2.45, 2.75) is 58.3 Å². The minimum Gasteiger partial charge on any atom is -0.491 e. The van der Waals surface area contributed by atoms with Crippen LogP contribution in [0.1, 0.15) is 50.0 Å². The number of hydrogen-bond acceptors (Lipinski definition) is 6. The molecule has 2 atom stereocenters. The number of hydrogen-bond donors (Lipinski definition) is 1.